The minimum atomic E-state index is -0.728. The predicted molar refractivity (Wildman–Crippen MR) is 130 cm³/mol. The summed E-state index contributed by atoms with van der Waals surface area (Å²) in [6.45, 7) is 0.689. The summed E-state index contributed by atoms with van der Waals surface area (Å²) in [5.41, 5.74) is 7.59. The number of hydrogen-bond acceptors (Lipinski definition) is 5. The van der Waals surface area contributed by atoms with E-state index in [1.54, 1.807) is 17.0 Å². The molecule has 0 aromatic heterocycles. The highest BCUT2D eigenvalue weighted by atomic mass is 35.5. The molecule has 2 amide bonds. The normalized spacial score (nSPS) is 17.5. The maximum Gasteiger partial charge on any atom is 0.240 e. The van der Waals surface area contributed by atoms with E-state index in [2.05, 4.69) is 10.6 Å². The Morgan fingerprint density at radius 1 is 1.18 bits per heavy atom. The van der Waals surface area contributed by atoms with E-state index < -0.39 is 11.9 Å². The van der Waals surface area contributed by atoms with Crippen molar-refractivity contribution in [3.63, 3.8) is 0 Å². The third-order valence-corrected chi connectivity index (χ3v) is 6.05. The number of halogens is 1. The van der Waals surface area contributed by atoms with E-state index in [1.807, 2.05) is 54.6 Å². The van der Waals surface area contributed by atoms with Crippen molar-refractivity contribution in [1.82, 2.24) is 10.2 Å². The number of hydrogen-bond donors (Lipinski definition) is 3. The standard InChI is InChI=1S/C25H27ClN4O3/c26-19-8-4-9-20(14-19)29-16-33-23-11-12-30(24(31)15-28-23)22(25(27)32)13-18-7-3-6-17-5-1-2-10-21(17)18/h1-10,14,22-23,28-29H,11-13,15-16H2,(H2,27,32). The molecule has 33 heavy (non-hydrogen) atoms. The molecule has 8 heteroatoms. The predicted octanol–water partition coefficient (Wildman–Crippen LogP) is 3.12. The van der Waals surface area contributed by atoms with Gasteiger partial charge in [-0.1, -0.05) is 60.1 Å². The third-order valence-electron chi connectivity index (χ3n) is 5.82. The van der Waals surface area contributed by atoms with Gasteiger partial charge in [-0.25, -0.2) is 0 Å². The second-order valence-corrected chi connectivity index (χ2v) is 8.44. The molecule has 0 radical (unpaired) electrons. The van der Waals surface area contributed by atoms with E-state index in [-0.39, 0.29) is 25.4 Å². The van der Waals surface area contributed by atoms with Crippen molar-refractivity contribution in [3.05, 3.63) is 77.3 Å². The molecule has 4 N–H and O–H groups in total. The fourth-order valence-electron chi connectivity index (χ4n) is 4.12. The van der Waals surface area contributed by atoms with Crippen LogP contribution in [0.25, 0.3) is 10.8 Å². The lowest BCUT2D eigenvalue weighted by molar-refractivity contribution is -0.138. The van der Waals surface area contributed by atoms with Gasteiger partial charge in [-0.05, 0) is 34.5 Å². The van der Waals surface area contributed by atoms with Crippen LogP contribution in [0.15, 0.2) is 66.7 Å². The van der Waals surface area contributed by atoms with Gasteiger partial charge in [0.05, 0.1) is 6.54 Å². The summed E-state index contributed by atoms with van der Waals surface area (Å²) in [6, 6.07) is 20.6. The molecular formula is C25H27ClN4O3. The third kappa shape index (κ3) is 5.82. The Morgan fingerprint density at radius 2 is 1.97 bits per heavy atom. The van der Waals surface area contributed by atoms with Gasteiger partial charge in [0.15, 0.2) is 0 Å². The van der Waals surface area contributed by atoms with Crippen LogP contribution >= 0.6 is 11.6 Å². The molecule has 0 saturated carbocycles. The van der Waals surface area contributed by atoms with Crippen LogP contribution in [-0.4, -0.2) is 48.8 Å². The number of benzene rings is 3. The van der Waals surface area contributed by atoms with E-state index in [1.165, 1.54) is 0 Å². The molecule has 1 aliphatic heterocycles. The Balaban J connectivity index is 1.40. The topological polar surface area (TPSA) is 96.7 Å². The lowest BCUT2D eigenvalue weighted by Crippen LogP contribution is -2.50. The van der Waals surface area contributed by atoms with Gasteiger partial charge in [-0.2, -0.15) is 0 Å². The van der Waals surface area contributed by atoms with Crippen molar-refractivity contribution in [2.24, 2.45) is 5.73 Å². The Morgan fingerprint density at radius 3 is 2.79 bits per heavy atom. The van der Waals surface area contributed by atoms with Crippen molar-refractivity contribution in [1.29, 1.82) is 0 Å². The van der Waals surface area contributed by atoms with Crippen LogP contribution in [0.5, 0.6) is 0 Å². The van der Waals surface area contributed by atoms with Crippen molar-refractivity contribution < 1.29 is 14.3 Å². The molecule has 0 aliphatic carbocycles. The first kappa shape index (κ1) is 23.0. The van der Waals surface area contributed by atoms with Gasteiger partial charge in [0, 0.05) is 30.1 Å². The highest BCUT2D eigenvalue weighted by Gasteiger charge is 2.31. The number of nitrogens with one attached hydrogen (secondary N) is 2. The summed E-state index contributed by atoms with van der Waals surface area (Å²) < 4.78 is 5.86. The number of ether oxygens (including phenoxy) is 1. The fraction of sp³-hybridized carbons (Fsp3) is 0.280. The molecule has 1 heterocycles. The van der Waals surface area contributed by atoms with Gasteiger partial charge >= 0.3 is 0 Å². The summed E-state index contributed by atoms with van der Waals surface area (Å²) in [7, 11) is 0. The van der Waals surface area contributed by atoms with Crippen LogP contribution in [0.2, 0.25) is 5.02 Å². The highest BCUT2D eigenvalue weighted by molar-refractivity contribution is 6.30. The van der Waals surface area contributed by atoms with Gasteiger partial charge in [0.1, 0.15) is 19.0 Å². The van der Waals surface area contributed by atoms with Gasteiger partial charge < -0.3 is 20.7 Å². The first-order valence-electron chi connectivity index (χ1n) is 10.9. The zero-order valence-electron chi connectivity index (χ0n) is 18.2. The average molecular weight is 467 g/mol. The van der Waals surface area contributed by atoms with Crippen LogP contribution in [0, 0.1) is 0 Å². The van der Waals surface area contributed by atoms with Crippen molar-refractivity contribution >= 4 is 39.9 Å². The number of carbonyl (C=O) groups excluding carboxylic acids is 2. The summed E-state index contributed by atoms with van der Waals surface area (Å²) in [5, 5.41) is 9.04. The molecular weight excluding hydrogens is 440 g/mol. The van der Waals surface area contributed by atoms with Gasteiger partial charge in [0.25, 0.3) is 0 Å². The molecule has 3 aromatic rings. The summed E-state index contributed by atoms with van der Waals surface area (Å²) in [4.78, 5) is 26.8. The lowest BCUT2D eigenvalue weighted by atomic mass is 9.97. The first-order valence-corrected chi connectivity index (χ1v) is 11.3. The Kier molecular flexibility index (Phi) is 7.44. The first-order chi connectivity index (χ1) is 16.0. The Bertz CT molecular complexity index is 1130. The van der Waals surface area contributed by atoms with E-state index >= 15 is 0 Å². The molecule has 7 nitrogen and oxygen atoms in total. The SMILES string of the molecule is NC(=O)C(Cc1cccc2ccccc12)N1CCC(OCNc2cccc(Cl)c2)NCC1=O. The molecule has 0 spiro atoms. The maximum absolute atomic E-state index is 12.9. The highest BCUT2D eigenvalue weighted by Crippen LogP contribution is 2.22. The quantitative estimate of drug-likeness (QED) is 0.443. The number of amides is 2. The molecule has 1 fully saturated rings. The van der Waals surface area contributed by atoms with E-state index in [0.29, 0.717) is 24.4 Å². The average Bonchev–Trinajstić information content (AvgIpc) is 2.99. The van der Waals surface area contributed by atoms with Gasteiger partial charge in [0.2, 0.25) is 11.8 Å². The lowest BCUT2D eigenvalue weighted by Gasteiger charge is -2.29. The zero-order chi connectivity index (χ0) is 23.2. The Hall–Kier alpha value is -3.13. The molecule has 1 saturated heterocycles. The summed E-state index contributed by atoms with van der Waals surface area (Å²) in [5.74, 6) is -0.689. The van der Waals surface area contributed by atoms with Crippen molar-refractivity contribution in [2.75, 3.05) is 25.1 Å². The molecule has 172 valence electrons. The second kappa shape index (κ2) is 10.7. The van der Waals surface area contributed by atoms with Crippen LogP contribution < -0.4 is 16.4 Å². The largest absolute Gasteiger partial charge is 0.368 e. The monoisotopic (exact) mass is 466 g/mol. The minimum absolute atomic E-state index is 0.0706. The zero-order valence-corrected chi connectivity index (χ0v) is 18.9. The van der Waals surface area contributed by atoms with Crippen molar-refractivity contribution in [2.45, 2.75) is 25.1 Å². The molecule has 4 rings (SSSR count). The fourth-order valence-corrected chi connectivity index (χ4v) is 4.32. The number of nitrogens with two attached hydrogens (primary N) is 1. The Labute approximate surface area is 197 Å². The second-order valence-electron chi connectivity index (χ2n) is 8.00. The number of fused-ring (bicyclic) bond motifs is 1. The number of primary amides is 1. The van der Waals surface area contributed by atoms with E-state index in [0.717, 1.165) is 22.0 Å². The van der Waals surface area contributed by atoms with Gasteiger partial charge in [-0.15, -0.1) is 0 Å². The number of rotatable bonds is 8. The molecule has 0 bridgehead atoms. The smallest absolute Gasteiger partial charge is 0.240 e. The molecule has 3 aromatic carbocycles. The summed E-state index contributed by atoms with van der Waals surface area (Å²) >= 11 is 6.00. The summed E-state index contributed by atoms with van der Waals surface area (Å²) in [6.07, 6.45) is 0.559. The number of nitrogens with zero attached hydrogens (tertiary/aromatic N) is 1. The van der Waals surface area contributed by atoms with Crippen LogP contribution in [-0.2, 0) is 20.7 Å². The van der Waals surface area contributed by atoms with E-state index in [4.69, 9.17) is 22.1 Å². The maximum atomic E-state index is 12.9. The molecule has 1 aliphatic rings. The molecule has 2 unspecified atom stereocenters. The minimum Gasteiger partial charge on any atom is -0.368 e. The number of anilines is 1. The molecule has 2 atom stereocenters. The number of carbonyl (C=O) groups is 2. The van der Waals surface area contributed by atoms with E-state index in [9.17, 15) is 9.59 Å². The van der Waals surface area contributed by atoms with Crippen molar-refractivity contribution in [3.8, 4) is 0 Å². The van der Waals surface area contributed by atoms with Crippen LogP contribution in [0.3, 0.4) is 0 Å². The van der Waals surface area contributed by atoms with Crippen LogP contribution in [0.4, 0.5) is 5.69 Å². The van der Waals surface area contributed by atoms with Gasteiger partial charge in [-0.3, -0.25) is 14.9 Å². The van der Waals surface area contributed by atoms with Crippen LogP contribution in [0.1, 0.15) is 12.0 Å².